The van der Waals surface area contributed by atoms with Gasteiger partial charge in [0.25, 0.3) is 0 Å². The van der Waals surface area contributed by atoms with Crippen molar-refractivity contribution in [2.24, 2.45) is 0 Å². The molecule has 0 spiro atoms. The van der Waals surface area contributed by atoms with E-state index in [9.17, 15) is 15.3 Å². The number of aromatic hydroxyl groups is 3. The molecule has 0 saturated heterocycles. The van der Waals surface area contributed by atoms with Gasteiger partial charge in [-0.3, -0.25) is 0 Å². The summed E-state index contributed by atoms with van der Waals surface area (Å²) in [4.78, 5) is 0. The van der Waals surface area contributed by atoms with Crippen LogP contribution < -0.4 is 0 Å². The van der Waals surface area contributed by atoms with Crippen LogP contribution in [0.15, 0.2) is 36.4 Å². The second-order valence-electron chi connectivity index (χ2n) is 8.59. The quantitative estimate of drug-likeness (QED) is 0.478. The molecule has 0 heterocycles. The van der Waals surface area contributed by atoms with E-state index in [0.717, 1.165) is 64.6 Å². The summed E-state index contributed by atoms with van der Waals surface area (Å²) >= 11 is 0. The molecule has 0 bridgehead atoms. The van der Waals surface area contributed by atoms with Crippen molar-refractivity contribution in [2.45, 2.75) is 60.3 Å². The third-order valence-corrected chi connectivity index (χ3v) is 5.88. The van der Waals surface area contributed by atoms with Crippen LogP contribution in [0.1, 0.15) is 50.1 Å². The molecule has 0 aliphatic carbocycles. The van der Waals surface area contributed by atoms with Crippen LogP contribution in [-0.4, -0.2) is 15.3 Å². The molecule has 0 fully saturated rings. The van der Waals surface area contributed by atoms with Crippen molar-refractivity contribution < 1.29 is 15.3 Å². The fraction of sp³-hybridized carbons (Fsp3) is 0.333. The highest BCUT2D eigenvalue weighted by molar-refractivity contribution is 5.47. The predicted molar refractivity (Wildman–Crippen MR) is 123 cm³/mol. The Hall–Kier alpha value is -2.94. The van der Waals surface area contributed by atoms with Crippen molar-refractivity contribution in [3.8, 4) is 17.2 Å². The van der Waals surface area contributed by atoms with Crippen molar-refractivity contribution in [1.82, 2.24) is 0 Å². The van der Waals surface area contributed by atoms with Gasteiger partial charge in [0.15, 0.2) is 0 Å². The highest BCUT2D eigenvalue weighted by atomic mass is 16.3. The van der Waals surface area contributed by atoms with Gasteiger partial charge in [0.2, 0.25) is 0 Å². The number of hydrogen-bond acceptors (Lipinski definition) is 3. The molecule has 3 heteroatoms. The summed E-state index contributed by atoms with van der Waals surface area (Å²) < 4.78 is 0. The molecular weight excluding hydrogens is 372 g/mol. The van der Waals surface area contributed by atoms with Crippen LogP contribution in [0.2, 0.25) is 0 Å². The molecule has 3 rings (SSSR count). The molecule has 0 amide bonds. The van der Waals surface area contributed by atoms with Gasteiger partial charge < -0.3 is 15.3 Å². The Morgan fingerprint density at radius 2 is 0.800 bits per heavy atom. The zero-order chi connectivity index (χ0) is 22.0. The Kier molecular flexibility index (Phi) is 6.40. The molecule has 3 aromatic rings. The molecule has 0 aliphatic heterocycles. The highest BCUT2D eigenvalue weighted by Gasteiger charge is 2.12. The Labute approximate surface area is 179 Å². The molecule has 0 atom stereocenters. The zero-order valence-electron chi connectivity index (χ0n) is 18.6. The van der Waals surface area contributed by atoms with Gasteiger partial charge in [-0.05, 0) is 105 Å². The summed E-state index contributed by atoms with van der Waals surface area (Å²) in [6.07, 6.45) is 3.13. The van der Waals surface area contributed by atoms with Gasteiger partial charge in [-0.15, -0.1) is 0 Å². The average Bonchev–Trinajstić information content (AvgIpc) is 2.69. The van der Waals surface area contributed by atoms with Crippen LogP contribution in [0.4, 0.5) is 0 Å². The van der Waals surface area contributed by atoms with Crippen LogP contribution in [0.5, 0.6) is 17.2 Å². The van der Waals surface area contributed by atoms with E-state index in [2.05, 4.69) is 19.1 Å². The minimum Gasteiger partial charge on any atom is -0.507 e. The number of aryl methyl sites for hydroxylation is 9. The number of phenolic OH excluding ortho intramolecular Hbond substituents is 3. The van der Waals surface area contributed by atoms with E-state index in [-0.39, 0.29) is 0 Å². The standard InChI is InChI=1S/C27H32O3/c1-16-10-23(8-6-21-12-17(2)25(28)18(3)13-21)27(30)24(11-16)9-7-22-14-19(4)26(29)20(5)15-22/h10-15,28-30H,6-9H2,1-5H3. The lowest BCUT2D eigenvalue weighted by Crippen LogP contribution is -1.99. The normalized spacial score (nSPS) is 11.1. The van der Waals surface area contributed by atoms with Crippen LogP contribution in [0.3, 0.4) is 0 Å². The van der Waals surface area contributed by atoms with E-state index in [1.54, 1.807) is 0 Å². The summed E-state index contributed by atoms with van der Waals surface area (Å²) in [6, 6.07) is 12.2. The van der Waals surface area contributed by atoms with E-state index in [1.165, 1.54) is 11.1 Å². The third kappa shape index (κ3) is 4.79. The first kappa shape index (κ1) is 21.8. The largest absolute Gasteiger partial charge is 0.507 e. The molecule has 0 aromatic heterocycles. The van der Waals surface area contributed by atoms with Gasteiger partial charge >= 0.3 is 0 Å². The molecular formula is C27H32O3. The van der Waals surface area contributed by atoms with Crippen molar-refractivity contribution in [3.63, 3.8) is 0 Å². The maximum Gasteiger partial charge on any atom is 0.121 e. The summed E-state index contributed by atoms with van der Waals surface area (Å²) in [7, 11) is 0. The molecule has 3 nitrogen and oxygen atoms in total. The van der Waals surface area contributed by atoms with Crippen molar-refractivity contribution >= 4 is 0 Å². The third-order valence-electron chi connectivity index (χ3n) is 5.88. The van der Waals surface area contributed by atoms with E-state index < -0.39 is 0 Å². The molecule has 3 aromatic carbocycles. The summed E-state index contributed by atoms with van der Waals surface area (Å²) in [6.45, 7) is 9.74. The van der Waals surface area contributed by atoms with Gasteiger partial charge in [-0.25, -0.2) is 0 Å². The number of benzene rings is 3. The summed E-state index contributed by atoms with van der Waals surface area (Å²) in [5.41, 5.74) is 8.96. The number of hydrogen-bond donors (Lipinski definition) is 3. The number of rotatable bonds is 6. The Balaban J connectivity index is 1.77. The van der Waals surface area contributed by atoms with Crippen LogP contribution >= 0.6 is 0 Å². The smallest absolute Gasteiger partial charge is 0.121 e. The Bertz CT molecular complexity index is 951. The van der Waals surface area contributed by atoms with Crippen molar-refractivity contribution in [1.29, 1.82) is 0 Å². The van der Waals surface area contributed by atoms with Gasteiger partial charge in [0.05, 0.1) is 0 Å². The maximum atomic E-state index is 10.9. The Morgan fingerprint density at radius 1 is 0.467 bits per heavy atom. The summed E-state index contributed by atoms with van der Waals surface area (Å²) in [5.74, 6) is 1.11. The van der Waals surface area contributed by atoms with Crippen LogP contribution in [0, 0.1) is 34.6 Å². The SMILES string of the molecule is Cc1cc(CCc2cc(C)c(O)c(C)c2)c(O)c(CCc2cc(C)c(O)c(C)c2)c1. The predicted octanol–water partition coefficient (Wildman–Crippen LogP) is 5.92. The van der Waals surface area contributed by atoms with E-state index in [4.69, 9.17) is 0 Å². The average molecular weight is 405 g/mol. The molecule has 0 unspecified atom stereocenters. The van der Waals surface area contributed by atoms with Gasteiger partial charge in [0, 0.05) is 0 Å². The number of phenols is 3. The molecule has 0 saturated carbocycles. The minimum absolute atomic E-state index is 0.360. The van der Waals surface area contributed by atoms with E-state index in [0.29, 0.717) is 17.2 Å². The second kappa shape index (κ2) is 8.83. The second-order valence-corrected chi connectivity index (χ2v) is 8.59. The Morgan fingerprint density at radius 3 is 1.13 bits per heavy atom. The molecule has 0 aliphatic rings. The van der Waals surface area contributed by atoms with Crippen LogP contribution in [0.25, 0.3) is 0 Å². The molecule has 3 N–H and O–H groups in total. The lowest BCUT2D eigenvalue weighted by Gasteiger charge is -2.14. The lowest BCUT2D eigenvalue weighted by molar-refractivity contribution is 0.459. The fourth-order valence-electron chi connectivity index (χ4n) is 4.25. The topological polar surface area (TPSA) is 60.7 Å². The van der Waals surface area contributed by atoms with Gasteiger partial charge in [-0.1, -0.05) is 42.0 Å². The highest BCUT2D eigenvalue weighted by Crippen LogP contribution is 2.30. The lowest BCUT2D eigenvalue weighted by atomic mass is 9.94. The van der Waals surface area contributed by atoms with Gasteiger partial charge in [-0.2, -0.15) is 0 Å². The van der Waals surface area contributed by atoms with Crippen molar-refractivity contribution in [2.75, 3.05) is 0 Å². The van der Waals surface area contributed by atoms with E-state index in [1.807, 2.05) is 52.0 Å². The monoisotopic (exact) mass is 404 g/mol. The first-order chi connectivity index (χ1) is 14.2. The van der Waals surface area contributed by atoms with Gasteiger partial charge in [0.1, 0.15) is 17.2 Å². The molecule has 0 radical (unpaired) electrons. The fourth-order valence-corrected chi connectivity index (χ4v) is 4.25. The molecule has 30 heavy (non-hydrogen) atoms. The first-order valence-corrected chi connectivity index (χ1v) is 10.5. The zero-order valence-corrected chi connectivity index (χ0v) is 18.6. The van der Waals surface area contributed by atoms with Crippen molar-refractivity contribution in [3.05, 3.63) is 86.5 Å². The minimum atomic E-state index is 0.360. The van der Waals surface area contributed by atoms with Crippen LogP contribution in [-0.2, 0) is 25.7 Å². The maximum absolute atomic E-state index is 10.9. The summed E-state index contributed by atoms with van der Waals surface area (Å²) in [5, 5.41) is 30.9. The van der Waals surface area contributed by atoms with E-state index >= 15 is 0 Å². The first-order valence-electron chi connectivity index (χ1n) is 10.5. The molecule has 158 valence electrons.